The molecule has 1 aromatic rings. The molecule has 7 heteroatoms. The van der Waals surface area contributed by atoms with Gasteiger partial charge in [0, 0.05) is 32.9 Å². The number of aryl methyl sites for hydroxylation is 2. The predicted molar refractivity (Wildman–Crippen MR) is 70.9 cm³/mol. The van der Waals surface area contributed by atoms with Gasteiger partial charge in [0.05, 0.1) is 13.5 Å². The molecule has 0 atom stereocenters. The van der Waals surface area contributed by atoms with Gasteiger partial charge in [-0.25, -0.2) is 0 Å². The zero-order valence-corrected chi connectivity index (χ0v) is 12.2. The largest absolute Gasteiger partial charge is 0.469 e. The Hall–Kier alpha value is -1.92. The van der Waals surface area contributed by atoms with E-state index < -0.39 is 0 Å². The summed E-state index contributed by atoms with van der Waals surface area (Å²) in [6, 6.07) is 0. The number of nitrogens with zero attached hydrogens (tertiary/aromatic N) is 3. The van der Waals surface area contributed by atoms with Crippen LogP contribution in [0.3, 0.4) is 0 Å². The summed E-state index contributed by atoms with van der Waals surface area (Å²) in [5.41, 5.74) is 0. The Balaban J connectivity index is 2.32. The van der Waals surface area contributed by atoms with Gasteiger partial charge in [0.25, 0.3) is 0 Å². The van der Waals surface area contributed by atoms with E-state index in [0.717, 1.165) is 12.8 Å². The number of aromatic nitrogens is 2. The summed E-state index contributed by atoms with van der Waals surface area (Å²) in [6.07, 6.45) is 2.62. The summed E-state index contributed by atoms with van der Waals surface area (Å²) in [5, 5.41) is 3.83. The minimum atomic E-state index is -0.328. The Bertz CT molecular complexity index is 445. The van der Waals surface area contributed by atoms with E-state index in [2.05, 4.69) is 14.9 Å². The molecule has 0 unspecified atom stereocenters. The number of amides is 1. The molecule has 0 aliphatic carbocycles. The molecule has 0 radical (unpaired) electrons. The molecule has 0 aliphatic rings. The highest BCUT2D eigenvalue weighted by molar-refractivity contribution is 5.77. The molecular formula is C13H21N3O4. The first-order chi connectivity index (χ1) is 9.56. The van der Waals surface area contributed by atoms with Crippen LogP contribution in [0.5, 0.6) is 0 Å². The van der Waals surface area contributed by atoms with Gasteiger partial charge in [-0.15, -0.1) is 0 Å². The fourth-order valence-electron chi connectivity index (χ4n) is 1.61. The zero-order chi connectivity index (χ0) is 15.0. The normalized spacial score (nSPS) is 10.3. The fourth-order valence-corrected chi connectivity index (χ4v) is 1.61. The molecule has 1 heterocycles. The Morgan fingerprint density at radius 2 is 2.05 bits per heavy atom. The number of hydrogen-bond acceptors (Lipinski definition) is 6. The van der Waals surface area contributed by atoms with E-state index in [9.17, 15) is 9.59 Å². The molecule has 0 bridgehead atoms. The molecule has 0 spiro atoms. The topological polar surface area (TPSA) is 85.5 Å². The molecule has 0 aromatic carbocycles. The highest BCUT2D eigenvalue weighted by Crippen LogP contribution is 2.05. The lowest BCUT2D eigenvalue weighted by atomic mass is 10.2. The Labute approximate surface area is 118 Å². The van der Waals surface area contributed by atoms with Gasteiger partial charge in [-0.3, -0.25) is 9.59 Å². The van der Waals surface area contributed by atoms with Crippen LogP contribution in [-0.2, 0) is 27.2 Å². The van der Waals surface area contributed by atoms with Gasteiger partial charge >= 0.3 is 5.97 Å². The second-order valence-corrected chi connectivity index (χ2v) is 4.50. The van der Waals surface area contributed by atoms with Gasteiger partial charge < -0.3 is 14.2 Å². The smallest absolute Gasteiger partial charge is 0.307 e. The van der Waals surface area contributed by atoms with E-state index in [-0.39, 0.29) is 24.7 Å². The van der Waals surface area contributed by atoms with Crippen molar-refractivity contribution in [3.8, 4) is 0 Å². The van der Waals surface area contributed by atoms with Crippen LogP contribution in [-0.4, -0.2) is 47.6 Å². The van der Waals surface area contributed by atoms with Crippen molar-refractivity contribution >= 4 is 11.9 Å². The number of carbonyl (C=O) groups is 2. The van der Waals surface area contributed by atoms with E-state index in [1.807, 2.05) is 6.92 Å². The third-order valence-electron chi connectivity index (χ3n) is 2.84. The molecule has 1 rings (SSSR count). The van der Waals surface area contributed by atoms with Crippen LogP contribution < -0.4 is 0 Å². The summed E-state index contributed by atoms with van der Waals surface area (Å²) in [4.78, 5) is 28.5. The summed E-state index contributed by atoms with van der Waals surface area (Å²) < 4.78 is 9.58. The number of rotatable bonds is 8. The second kappa shape index (κ2) is 8.29. The number of carbonyl (C=O) groups excluding carboxylic acids is 2. The third-order valence-corrected chi connectivity index (χ3v) is 2.84. The monoisotopic (exact) mass is 283 g/mol. The van der Waals surface area contributed by atoms with Gasteiger partial charge in [-0.2, -0.15) is 4.98 Å². The van der Waals surface area contributed by atoms with Gasteiger partial charge in [0.1, 0.15) is 0 Å². The lowest BCUT2D eigenvalue weighted by Gasteiger charge is -2.15. The number of esters is 1. The van der Waals surface area contributed by atoms with E-state index in [1.165, 1.54) is 12.0 Å². The first kappa shape index (κ1) is 16.1. The van der Waals surface area contributed by atoms with E-state index in [0.29, 0.717) is 24.7 Å². The predicted octanol–water partition coefficient (Wildman–Crippen LogP) is 0.976. The van der Waals surface area contributed by atoms with E-state index in [4.69, 9.17) is 4.52 Å². The standard InChI is InChI=1S/C13H21N3O4/c1-4-5-10-14-11(20-15-10)6-7-12(17)16(2)9-8-13(18)19-3/h4-9H2,1-3H3. The minimum absolute atomic E-state index is 0.0656. The third kappa shape index (κ3) is 5.38. The van der Waals surface area contributed by atoms with Crippen LogP contribution in [0.15, 0.2) is 4.52 Å². The Kier molecular flexibility index (Phi) is 6.69. The summed E-state index contributed by atoms with van der Waals surface area (Å²) in [5.74, 6) is 0.757. The fraction of sp³-hybridized carbons (Fsp3) is 0.692. The van der Waals surface area contributed by atoms with Crippen molar-refractivity contribution < 1.29 is 18.8 Å². The SMILES string of the molecule is CCCc1noc(CCC(=O)N(C)CCC(=O)OC)n1. The lowest BCUT2D eigenvalue weighted by Crippen LogP contribution is -2.29. The quantitative estimate of drug-likeness (QED) is 0.661. The molecule has 0 N–H and O–H groups in total. The Morgan fingerprint density at radius 3 is 2.70 bits per heavy atom. The molecule has 112 valence electrons. The highest BCUT2D eigenvalue weighted by Gasteiger charge is 2.13. The first-order valence-electron chi connectivity index (χ1n) is 6.69. The van der Waals surface area contributed by atoms with Gasteiger partial charge in [0.2, 0.25) is 11.8 Å². The Morgan fingerprint density at radius 1 is 1.30 bits per heavy atom. The average Bonchev–Trinajstić information content (AvgIpc) is 2.89. The van der Waals surface area contributed by atoms with Crippen molar-refractivity contribution in [1.29, 1.82) is 0 Å². The van der Waals surface area contributed by atoms with Crippen molar-refractivity contribution in [3.63, 3.8) is 0 Å². The minimum Gasteiger partial charge on any atom is -0.469 e. The van der Waals surface area contributed by atoms with Gasteiger partial charge in [0.15, 0.2) is 5.82 Å². The van der Waals surface area contributed by atoms with Gasteiger partial charge in [-0.1, -0.05) is 12.1 Å². The van der Waals surface area contributed by atoms with Crippen LogP contribution >= 0.6 is 0 Å². The van der Waals surface area contributed by atoms with E-state index >= 15 is 0 Å². The molecule has 0 fully saturated rings. The van der Waals surface area contributed by atoms with Crippen molar-refractivity contribution in [2.45, 2.75) is 39.0 Å². The average molecular weight is 283 g/mol. The van der Waals surface area contributed by atoms with Crippen LogP contribution in [0.25, 0.3) is 0 Å². The molecule has 1 amide bonds. The maximum atomic E-state index is 11.8. The molecule has 0 saturated heterocycles. The lowest BCUT2D eigenvalue weighted by molar-refractivity contribution is -0.141. The van der Waals surface area contributed by atoms with Crippen LogP contribution in [0.4, 0.5) is 0 Å². The van der Waals surface area contributed by atoms with Crippen LogP contribution in [0.1, 0.15) is 37.9 Å². The number of hydrogen-bond donors (Lipinski definition) is 0. The number of ether oxygens (including phenoxy) is 1. The molecular weight excluding hydrogens is 262 g/mol. The first-order valence-corrected chi connectivity index (χ1v) is 6.69. The summed E-state index contributed by atoms with van der Waals surface area (Å²) in [6.45, 7) is 2.38. The summed E-state index contributed by atoms with van der Waals surface area (Å²) >= 11 is 0. The van der Waals surface area contributed by atoms with E-state index in [1.54, 1.807) is 7.05 Å². The van der Waals surface area contributed by atoms with Crippen molar-refractivity contribution in [1.82, 2.24) is 15.0 Å². The highest BCUT2D eigenvalue weighted by atomic mass is 16.5. The van der Waals surface area contributed by atoms with Crippen molar-refractivity contribution in [2.75, 3.05) is 20.7 Å². The molecule has 7 nitrogen and oxygen atoms in total. The van der Waals surface area contributed by atoms with Gasteiger partial charge in [-0.05, 0) is 6.42 Å². The second-order valence-electron chi connectivity index (χ2n) is 4.50. The maximum absolute atomic E-state index is 11.8. The molecule has 0 aliphatic heterocycles. The molecule has 20 heavy (non-hydrogen) atoms. The summed E-state index contributed by atoms with van der Waals surface area (Å²) in [7, 11) is 2.98. The van der Waals surface area contributed by atoms with Crippen molar-refractivity contribution in [3.05, 3.63) is 11.7 Å². The zero-order valence-electron chi connectivity index (χ0n) is 12.2. The molecule has 1 aromatic heterocycles. The molecule has 0 saturated carbocycles. The number of methoxy groups -OCH3 is 1. The maximum Gasteiger partial charge on any atom is 0.307 e. The van der Waals surface area contributed by atoms with Crippen LogP contribution in [0.2, 0.25) is 0 Å². The van der Waals surface area contributed by atoms with Crippen molar-refractivity contribution in [2.24, 2.45) is 0 Å². The van der Waals surface area contributed by atoms with Crippen LogP contribution in [0, 0.1) is 0 Å².